The molecule has 0 heterocycles. The van der Waals surface area contributed by atoms with Gasteiger partial charge in [0.25, 0.3) is 0 Å². The summed E-state index contributed by atoms with van der Waals surface area (Å²) in [6, 6.07) is 0. The van der Waals surface area contributed by atoms with Crippen molar-refractivity contribution < 1.29 is 1.43 Å². The van der Waals surface area contributed by atoms with Crippen molar-refractivity contribution in [3.63, 3.8) is 0 Å². The van der Waals surface area contributed by atoms with Gasteiger partial charge in [0.05, 0.1) is 0 Å². The Morgan fingerprint density at radius 3 is 0.579 bits per heavy atom. The van der Waals surface area contributed by atoms with E-state index in [-0.39, 0.29) is 17.3 Å². The predicted octanol–water partition coefficient (Wildman–Crippen LogP) is 3.28. The van der Waals surface area contributed by atoms with E-state index in [9.17, 15) is 0 Å². The lowest BCUT2D eigenvalue weighted by Gasteiger charge is -1.41. The first-order valence-electron chi connectivity index (χ1n) is 7.00. The second kappa shape index (κ2) is 31.0. The Morgan fingerprint density at radius 2 is 0.579 bits per heavy atom. The molecule has 0 amide bonds. The first-order chi connectivity index (χ1) is 8.41. The highest BCUT2D eigenvalue weighted by molar-refractivity contribution is 7.17. The van der Waals surface area contributed by atoms with Gasteiger partial charge in [-0.2, -0.15) is 0 Å². The van der Waals surface area contributed by atoms with Crippen molar-refractivity contribution in [2.75, 3.05) is 0 Å². The standard InChI is InChI=1S/4C3H6.CH4.B3.B2.B.H2/c4*1-2-3-1;;1-3-2;1-2;;/h4*1-3H2;1H4;;;;1H/i;;;;;;;;1+2. The lowest BCUT2D eigenvalue weighted by atomic mass is 9.40. The molecule has 4 fully saturated rings. The van der Waals surface area contributed by atoms with E-state index >= 15 is 0 Å². The molecule has 4 rings (SSSR count). The zero-order valence-electron chi connectivity index (χ0n) is 11.9. The third-order valence-corrected chi connectivity index (χ3v) is 1.41. The third kappa shape index (κ3) is 256. The fourth-order valence-electron chi connectivity index (χ4n) is 0. The van der Waals surface area contributed by atoms with E-state index in [0.717, 1.165) is 7.06 Å². The highest BCUT2D eigenvalue weighted by Crippen LogP contribution is 2.15. The van der Waals surface area contributed by atoms with Gasteiger partial charge in [-0.3, -0.25) is 0 Å². The normalized spacial score (nSPS) is 16.0. The van der Waals surface area contributed by atoms with Gasteiger partial charge in [-0.25, -0.2) is 0 Å². The Morgan fingerprint density at radius 1 is 0.526 bits per heavy atom. The molecule has 100 valence electrons. The van der Waals surface area contributed by atoms with Crippen molar-refractivity contribution in [2.45, 2.75) is 84.5 Å². The summed E-state index contributed by atoms with van der Waals surface area (Å²) < 4.78 is 0. The maximum Gasteiger partial charge on any atom is 0 e. The van der Waals surface area contributed by atoms with Gasteiger partial charge in [0.2, 0.25) is 0 Å². The molecule has 4 aliphatic rings. The molecular weight excluding hydrogens is 221 g/mol. The van der Waals surface area contributed by atoms with E-state index in [1.165, 1.54) is 77.0 Å². The van der Waals surface area contributed by atoms with Gasteiger partial charge in [0.1, 0.15) is 0 Å². The number of rotatable bonds is 0. The summed E-state index contributed by atoms with van der Waals surface area (Å²) in [7, 11) is 18.0. The van der Waals surface area contributed by atoms with Crippen LogP contribution in [0.2, 0.25) is 0 Å². The second-order valence-electron chi connectivity index (χ2n) is 4.44. The fraction of sp³-hybridized carbons (Fsp3) is 1.00. The van der Waals surface area contributed by atoms with Crippen LogP contribution in [0.3, 0.4) is 0 Å². The Hall–Kier alpha value is 0.390. The monoisotopic (exact) mass is 254 g/mol. The minimum absolute atomic E-state index is 0. The molecule has 0 bridgehead atoms. The first-order valence-corrected chi connectivity index (χ1v) is 7.00. The van der Waals surface area contributed by atoms with Crippen LogP contribution in [-0.4, -0.2) is 46.4 Å². The summed E-state index contributed by atoms with van der Waals surface area (Å²) in [6.07, 6.45) is 18.0. The van der Waals surface area contributed by atoms with Crippen LogP contribution in [0.1, 0.15) is 85.9 Å². The van der Waals surface area contributed by atoms with E-state index in [1.54, 1.807) is 0 Å². The Bertz CT molecular complexity index is 76.0. The van der Waals surface area contributed by atoms with Crippen molar-refractivity contribution >= 4 is 46.4 Å². The largest absolute Gasteiger partial charge is 0.0776 e. The van der Waals surface area contributed by atoms with Gasteiger partial charge in [-0.05, 0) is 0 Å². The summed E-state index contributed by atoms with van der Waals surface area (Å²) in [4.78, 5) is 0. The van der Waals surface area contributed by atoms with Gasteiger partial charge in [-0.1, -0.05) is 84.5 Å². The van der Waals surface area contributed by atoms with E-state index in [0.29, 0.717) is 0 Å². The molecule has 4 saturated carbocycles. The van der Waals surface area contributed by atoms with Gasteiger partial charge in [0, 0.05) is 47.8 Å². The topological polar surface area (TPSA) is 0 Å². The SMILES string of the molecule is C.C1CC1.C1CC1.C1CC1.C1CC1.[3HH].[B].[B][B].[B][B][B]. The smallest absolute Gasteiger partial charge is 0 e. The van der Waals surface area contributed by atoms with Crippen molar-refractivity contribution in [1.82, 2.24) is 0 Å². The van der Waals surface area contributed by atoms with Crippen LogP contribution in [-0.2, 0) is 0 Å². The molecule has 0 spiro atoms. The lowest BCUT2D eigenvalue weighted by Crippen LogP contribution is -1.79. The Labute approximate surface area is 132 Å². The molecule has 12 radical (unpaired) electrons. The van der Waals surface area contributed by atoms with Crippen LogP contribution in [0.4, 0.5) is 0 Å². The van der Waals surface area contributed by atoms with Crippen LogP contribution < -0.4 is 0 Å². The Balaban J connectivity index is -0.0000000440. The molecule has 0 aliphatic heterocycles. The summed E-state index contributed by atoms with van der Waals surface area (Å²) in [5.41, 5.74) is 0. The van der Waals surface area contributed by atoms with Crippen molar-refractivity contribution in [3.05, 3.63) is 0 Å². The molecule has 4 aliphatic carbocycles. The highest BCUT2D eigenvalue weighted by Gasteiger charge is 1.96. The van der Waals surface area contributed by atoms with E-state index in [4.69, 9.17) is 0 Å². The molecule has 19 heavy (non-hydrogen) atoms. The van der Waals surface area contributed by atoms with Crippen LogP contribution in [0, 0.1) is 0 Å². The van der Waals surface area contributed by atoms with E-state index < -0.39 is 0 Å². The van der Waals surface area contributed by atoms with Gasteiger partial charge in [-0.15, -0.1) is 0 Å². The molecule has 0 unspecified atom stereocenters. The summed E-state index contributed by atoms with van der Waals surface area (Å²) in [5, 5.41) is 0. The molecule has 0 aromatic rings. The molecule has 0 N–H and O–H groups in total. The molecule has 0 atom stereocenters. The second-order valence-corrected chi connectivity index (χ2v) is 4.44. The van der Waals surface area contributed by atoms with Crippen molar-refractivity contribution in [3.8, 4) is 0 Å². The Kier molecular flexibility index (Phi) is 45.2. The zero-order valence-corrected chi connectivity index (χ0v) is 11.9. The highest BCUT2D eigenvalue weighted by atomic mass is 14.0. The van der Waals surface area contributed by atoms with Crippen LogP contribution >= 0.6 is 0 Å². The van der Waals surface area contributed by atoms with Crippen molar-refractivity contribution in [2.24, 2.45) is 0 Å². The quantitative estimate of drug-likeness (QED) is 0.581. The average Bonchev–Trinajstić information content (AvgIpc) is 3.25. The van der Waals surface area contributed by atoms with E-state index in [1.807, 2.05) is 0 Å². The minimum Gasteiger partial charge on any atom is -0.0776 e. The third-order valence-electron chi connectivity index (χ3n) is 1.41. The summed E-state index contributed by atoms with van der Waals surface area (Å²) in [6.45, 7) is 0. The van der Waals surface area contributed by atoms with Crippen molar-refractivity contribution in [1.29, 1.82) is 0 Å². The maximum absolute atomic E-state index is 4.50. The minimum atomic E-state index is 0. The summed E-state index contributed by atoms with van der Waals surface area (Å²) >= 11 is 0. The first kappa shape index (κ1) is 27.7. The van der Waals surface area contributed by atoms with E-state index in [2.05, 4.69) is 30.9 Å². The van der Waals surface area contributed by atoms with Gasteiger partial charge in [0.15, 0.2) is 0 Å². The molecule has 0 aromatic heterocycles. The van der Waals surface area contributed by atoms with Gasteiger partial charge >= 0.3 is 0 Å². The van der Waals surface area contributed by atoms with Crippen LogP contribution in [0.5, 0.6) is 0 Å². The number of hydrogen-bond donors (Lipinski definition) is 0. The fourth-order valence-corrected chi connectivity index (χ4v) is 0. The molecule has 0 aromatic carbocycles. The molecule has 6 heteroatoms. The zero-order chi connectivity index (χ0) is 13.2. The molecular formula is C13H30B6. The average molecular weight is 253 g/mol. The van der Waals surface area contributed by atoms with Crippen LogP contribution in [0.25, 0.3) is 0 Å². The van der Waals surface area contributed by atoms with Crippen LogP contribution in [0.15, 0.2) is 0 Å². The summed E-state index contributed by atoms with van der Waals surface area (Å²) in [5.74, 6) is 0. The predicted molar refractivity (Wildman–Crippen MR) is 98.8 cm³/mol. The molecule has 0 nitrogen and oxygen atoms in total. The van der Waals surface area contributed by atoms with Gasteiger partial charge < -0.3 is 0 Å². The maximum atomic E-state index is 4.50. The molecule has 0 saturated heterocycles. The lowest BCUT2D eigenvalue weighted by molar-refractivity contribution is 1.50. The number of hydrogen-bond acceptors (Lipinski definition) is 0.